The van der Waals surface area contributed by atoms with Crippen LogP contribution in [0.1, 0.15) is 0 Å². The number of nitrogens with zero attached hydrogens (tertiary/aromatic N) is 4. The summed E-state index contributed by atoms with van der Waals surface area (Å²) in [5.41, 5.74) is 0.186. The standard InChI is InChI=1S/C18H19N5O6S/c1-22(2)10-9-20-30(26,27)15-7-8-17(16(11-15)23(24)25)29-14-5-3-13(4-6-14)18-21-19-12-28-18/h3-8,11-12,20H,9-10H2,1-2H3. The molecule has 0 unspecified atom stereocenters. The minimum absolute atomic E-state index is 0.0854. The molecule has 0 saturated carbocycles. The summed E-state index contributed by atoms with van der Waals surface area (Å²) in [5, 5.41) is 18.9. The first-order valence-electron chi connectivity index (χ1n) is 8.73. The Bertz CT molecular complexity index is 1110. The van der Waals surface area contributed by atoms with Crippen LogP contribution in [-0.4, -0.2) is 55.6 Å². The van der Waals surface area contributed by atoms with E-state index in [1.54, 1.807) is 38.4 Å². The van der Waals surface area contributed by atoms with Crippen molar-refractivity contribution in [1.29, 1.82) is 0 Å². The first-order chi connectivity index (χ1) is 14.3. The lowest BCUT2D eigenvalue weighted by atomic mass is 10.2. The Hall–Kier alpha value is -3.35. The number of rotatable bonds is 9. The van der Waals surface area contributed by atoms with Gasteiger partial charge in [-0.25, -0.2) is 13.1 Å². The topological polar surface area (TPSA) is 141 Å². The van der Waals surface area contributed by atoms with Gasteiger partial charge in [0.1, 0.15) is 5.75 Å². The second kappa shape index (κ2) is 8.98. The van der Waals surface area contributed by atoms with Crippen molar-refractivity contribution in [2.24, 2.45) is 0 Å². The maximum atomic E-state index is 12.4. The van der Waals surface area contributed by atoms with Crippen LogP contribution in [0.4, 0.5) is 5.69 Å². The van der Waals surface area contributed by atoms with Crippen molar-refractivity contribution in [2.45, 2.75) is 4.90 Å². The number of aromatic nitrogens is 2. The Balaban J connectivity index is 1.81. The van der Waals surface area contributed by atoms with Crippen molar-refractivity contribution in [3.05, 3.63) is 59.0 Å². The fourth-order valence-electron chi connectivity index (χ4n) is 2.47. The lowest BCUT2D eigenvalue weighted by Crippen LogP contribution is -2.31. The zero-order valence-electron chi connectivity index (χ0n) is 16.2. The lowest BCUT2D eigenvalue weighted by Gasteiger charge is -2.12. The number of likely N-dealkylation sites (N-methyl/N-ethyl adjacent to an activating group) is 1. The molecule has 0 aliphatic heterocycles. The number of hydrogen-bond acceptors (Lipinski definition) is 9. The van der Waals surface area contributed by atoms with E-state index in [9.17, 15) is 18.5 Å². The first kappa shape index (κ1) is 21.4. The predicted molar refractivity (Wildman–Crippen MR) is 107 cm³/mol. The van der Waals surface area contributed by atoms with E-state index in [0.717, 1.165) is 6.07 Å². The highest BCUT2D eigenvalue weighted by atomic mass is 32.2. The van der Waals surface area contributed by atoms with E-state index in [4.69, 9.17) is 9.15 Å². The molecule has 30 heavy (non-hydrogen) atoms. The molecule has 0 atom stereocenters. The number of nitro groups is 1. The van der Waals surface area contributed by atoms with Crippen molar-refractivity contribution >= 4 is 15.7 Å². The molecule has 11 nitrogen and oxygen atoms in total. The van der Waals surface area contributed by atoms with E-state index in [1.165, 1.54) is 18.5 Å². The molecule has 1 aromatic heterocycles. The van der Waals surface area contributed by atoms with E-state index in [1.807, 2.05) is 4.90 Å². The fourth-order valence-corrected chi connectivity index (χ4v) is 3.51. The van der Waals surface area contributed by atoms with Crippen molar-refractivity contribution in [3.8, 4) is 23.0 Å². The Morgan fingerprint density at radius 1 is 1.20 bits per heavy atom. The maximum Gasteiger partial charge on any atom is 0.312 e. The van der Waals surface area contributed by atoms with Crippen molar-refractivity contribution in [3.63, 3.8) is 0 Å². The van der Waals surface area contributed by atoms with Gasteiger partial charge in [0.15, 0.2) is 0 Å². The predicted octanol–water partition coefficient (Wildman–Crippen LogP) is 2.28. The van der Waals surface area contributed by atoms with Crippen LogP contribution in [0.15, 0.2) is 58.2 Å². The molecule has 2 aromatic carbocycles. The number of nitro benzene ring substituents is 1. The number of sulfonamides is 1. The Morgan fingerprint density at radius 2 is 1.93 bits per heavy atom. The molecule has 0 bridgehead atoms. The summed E-state index contributed by atoms with van der Waals surface area (Å²) >= 11 is 0. The highest BCUT2D eigenvalue weighted by molar-refractivity contribution is 7.89. The quantitative estimate of drug-likeness (QED) is 0.397. The van der Waals surface area contributed by atoms with E-state index < -0.39 is 20.6 Å². The smallest absolute Gasteiger partial charge is 0.312 e. The molecular weight excluding hydrogens is 414 g/mol. The van der Waals surface area contributed by atoms with E-state index in [-0.39, 0.29) is 17.2 Å². The van der Waals surface area contributed by atoms with Crippen molar-refractivity contribution in [1.82, 2.24) is 19.8 Å². The van der Waals surface area contributed by atoms with Crippen LogP contribution in [-0.2, 0) is 10.0 Å². The normalized spacial score (nSPS) is 11.6. The molecule has 0 spiro atoms. The number of ether oxygens (including phenoxy) is 1. The third-order valence-electron chi connectivity index (χ3n) is 3.98. The molecule has 3 aromatic rings. The van der Waals surface area contributed by atoms with Gasteiger partial charge in [0.05, 0.1) is 9.82 Å². The SMILES string of the molecule is CN(C)CCNS(=O)(=O)c1ccc(Oc2ccc(-c3nnco3)cc2)c([N+](=O)[O-])c1. The summed E-state index contributed by atoms with van der Waals surface area (Å²) < 4.78 is 37.9. The zero-order chi connectivity index (χ0) is 21.7. The number of benzene rings is 2. The highest BCUT2D eigenvalue weighted by Crippen LogP contribution is 2.34. The second-order valence-electron chi connectivity index (χ2n) is 6.46. The maximum absolute atomic E-state index is 12.4. The molecule has 0 radical (unpaired) electrons. The Labute approximate surface area is 172 Å². The zero-order valence-corrected chi connectivity index (χ0v) is 17.0. The number of nitrogens with one attached hydrogen (secondary N) is 1. The van der Waals surface area contributed by atoms with Crippen molar-refractivity contribution in [2.75, 3.05) is 27.2 Å². The van der Waals surface area contributed by atoms with Crippen LogP contribution in [0.25, 0.3) is 11.5 Å². The summed E-state index contributed by atoms with van der Waals surface area (Å²) in [6.45, 7) is 0.663. The Morgan fingerprint density at radius 3 is 2.53 bits per heavy atom. The molecular formula is C18H19N5O6S. The van der Waals surface area contributed by atoms with Crippen LogP contribution < -0.4 is 9.46 Å². The van der Waals surface area contributed by atoms with Gasteiger partial charge in [-0.1, -0.05) is 0 Å². The third-order valence-corrected chi connectivity index (χ3v) is 5.44. The van der Waals surface area contributed by atoms with Gasteiger partial charge in [0.25, 0.3) is 0 Å². The van der Waals surface area contributed by atoms with Crippen LogP contribution in [0, 0.1) is 10.1 Å². The first-order valence-corrected chi connectivity index (χ1v) is 10.2. The summed E-state index contributed by atoms with van der Waals surface area (Å²) in [6.07, 6.45) is 1.20. The van der Waals surface area contributed by atoms with E-state index in [0.29, 0.717) is 23.7 Å². The van der Waals surface area contributed by atoms with Crippen LogP contribution in [0.5, 0.6) is 11.5 Å². The molecule has 12 heteroatoms. The number of hydrogen-bond donors (Lipinski definition) is 1. The van der Waals surface area contributed by atoms with Gasteiger partial charge >= 0.3 is 5.69 Å². The lowest BCUT2D eigenvalue weighted by molar-refractivity contribution is -0.385. The molecule has 0 fully saturated rings. The van der Waals surface area contributed by atoms with Gasteiger partial charge < -0.3 is 14.1 Å². The largest absolute Gasteiger partial charge is 0.450 e. The summed E-state index contributed by atoms with van der Waals surface area (Å²) in [4.78, 5) is 12.4. The molecule has 158 valence electrons. The molecule has 0 amide bonds. The molecule has 0 saturated heterocycles. The van der Waals surface area contributed by atoms with Crippen LogP contribution >= 0.6 is 0 Å². The van der Waals surface area contributed by atoms with Crippen LogP contribution in [0.2, 0.25) is 0 Å². The molecule has 0 aliphatic carbocycles. The second-order valence-corrected chi connectivity index (χ2v) is 8.22. The average molecular weight is 433 g/mol. The Kier molecular flexibility index (Phi) is 6.40. The summed E-state index contributed by atoms with van der Waals surface area (Å²) in [7, 11) is -0.281. The molecule has 1 heterocycles. The van der Waals surface area contributed by atoms with Gasteiger partial charge in [0.2, 0.25) is 28.1 Å². The van der Waals surface area contributed by atoms with Crippen LogP contribution in [0.3, 0.4) is 0 Å². The van der Waals surface area contributed by atoms with Gasteiger partial charge in [-0.2, -0.15) is 0 Å². The van der Waals surface area contributed by atoms with Crippen molar-refractivity contribution < 1.29 is 22.5 Å². The van der Waals surface area contributed by atoms with Gasteiger partial charge in [-0.05, 0) is 50.5 Å². The van der Waals surface area contributed by atoms with Gasteiger partial charge in [-0.3, -0.25) is 10.1 Å². The fraction of sp³-hybridized carbons (Fsp3) is 0.222. The minimum atomic E-state index is -3.89. The van der Waals surface area contributed by atoms with Gasteiger partial charge in [0, 0.05) is 24.7 Å². The minimum Gasteiger partial charge on any atom is -0.450 e. The summed E-state index contributed by atoms with van der Waals surface area (Å²) in [5.74, 6) is 0.558. The van der Waals surface area contributed by atoms with Gasteiger partial charge in [-0.15, -0.1) is 10.2 Å². The summed E-state index contributed by atoms with van der Waals surface area (Å²) in [6, 6.07) is 9.95. The highest BCUT2D eigenvalue weighted by Gasteiger charge is 2.22. The monoisotopic (exact) mass is 433 g/mol. The van der Waals surface area contributed by atoms with E-state index >= 15 is 0 Å². The molecule has 3 rings (SSSR count). The molecule has 1 N–H and O–H groups in total. The third kappa shape index (κ3) is 5.17. The molecule has 0 aliphatic rings. The van der Waals surface area contributed by atoms with E-state index in [2.05, 4.69) is 14.9 Å². The average Bonchev–Trinajstić information content (AvgIpc) is 3.23.